The molecule has 5 rings (SSSR count). The largest absolute Gasteiger partial charge is 0.479 e. The van der Waals surface area contributed by atoms with Crippen LogP contribution in [0.15, 0.2) is 70.5 Å². The Bertz CT molecular complexity index is 1440. The van der Waals surface area contributed by atoms with Crippen LogP contribution in [0.5, 0.6) is 5.75 Å². The smallest absolute Gasteiger partial charge is 0.416 e. The summed E-state index contributed by atoms with van der Waals surface area (Å²) >= 11 is 13.4. The number of ether oxygens (including phenoxy) is 2. The summed E-state index contributed by atoms with van der Waals surface area (Å²) in [6, 6.07) is 16.7. The van der Waals surface area contributed by atoms with E-state index >= 15 is 0 Å². The number of fused-ring (bicyclic) bond motifs is 2. The van der Waals surface area contributed by atoms with Crippen molar-refractivity contribution in [2.75, 3.05) is 57.3 Å². The van der Waals surface area contributed by atoms with Crippen LogP contribution >= 0.6 is 35.0 Å². The number of carbonyl (C=O) groups is 1. The molecule has 0 radical (unpaired) electrons. The van der Waals surface area contributed by atoms with Crippen LogP contribution in [0.2, 0.25) is 10.0 Å². The van der Waals surface area contributed by atoms with E-state index in [1.807, 2.05) is 29.2 Å². The molecule has 3 aromatic rings. The van der Waals surface area contributed by atoms with Crippen molar-refractivity contribution in [3.05, 3.63) is 76.3 Å². The van der Waals surface area contributed by atoms with Crippen molar-refractivity contribution in [2.24, 2.45) is 0 Å². The Morgan fingerprint density at radius 2 is 1.58 bits per heavy atom. The van der Waals surface area contributed by atoms with Crippen molar-refractivity contribution < 1.29 is 27.4 Å². The Labute approximate surface area is 263 Å². The molecule has 2 aliphatic heterocycles. The topological polar surface area (TPSA) is 45.3 Å². The number of hydrogen-bond acceptors (Lipinski definition) is 7. The molecule has 1 atom stereocenters. The van der Waals surface area contributed by atoms with E-state index in [4.69, 9.17) is 32.7 Å². The van der Waals surface area contributed by atoms with Gasteiger partial charge in [0, 0.05) is 55.1 Å². The van der Waals surface area contributed by atoms with Crippen molar-refractivity contribution in [2.45, 2.75) is 35.4 Å². The zero-order chi connectivity index (χ0) is 30.6. The van der Waals surface area contributed by atoms with Crippen molar-refractivity contribution in [3.63, 3.8) is 0 Å². The number of benzene rings is 3. The third-order valence-electron chi connectivity index (χ3n) is 7.46. The van der Waals surface area contributed by atoms with Gasteiger partial charge in [-0.1, -0.05) is 47.1 Å². The number of piperazine rings is 1. The molecule has 1 saturated heterocycles. The van der Waals surface area contributed by atoms with Crippen LogP contribution < -0.4 is 9.64 Å². The van der Waals surface area contributed by atoms with Crippen LogP contribution in [0.3, 0.4) is 0 Å². The van der Waals surface area contributed by atoms with Gasteiger partial charge in [-0.2, -0.15) is 13.2 Å². The summed E-state index contributed by atoms with van der Waals surface area (Å²) in [6.45, 7) is 7.38. The Morgan fingerprint density at radius 3 is 2.30 bits per heavy atom. The highest BCUT2D eigenvalue weighted by atomic mass is 35.5. The van der Waals surface area contributed by atoms with Crippen LogP contribution in [0.25, 0.3) is 0 Å². The van der Waals surface area contributed by atoms with E-state index in [9.17, 15) is 18.0 Å². The van der Waals surface area contributed by atoms with E-state index in [0.29, 0.717) is 34.6 Å². The fourth-order valence-corrected chi connectivity index (χ4v) is 6.49. The van der Waals surface area contributed by atoms with E-state index in [1.165, 1.54) is 17.8 Å². The first-order chi connectivity index (χ1) is 20.6. The van der Waals surface area contributed by atoms with Gasteiger partial charge >= 0.3 is 12.1 Å². The lowest BCUT2D eigenvalue weighted by molar-refractivity contribution is -0.151. The van der Waals surface area contributed by atoms with Gasteiger partial charge in [0.1, 0.15) is 12.4 Å². The third kappa shape index (κ3) is 8.10. The molecule has 6 nitrogen and oxygen atoms in total. The third-order valence-corrected chi connectivity index (χ3v) is 9.33. The maximum absolute atomic E-state index is 13.5. The fourth-order valence-electron chi connectivity index (χ4n) is 5.13. The van der Waals surface area contributed by atoms with Gasteiger partial charge in [-0.25, -0.2) is 4.79 Å². The Hall–Kier alpha value is -2.63. The maximum Gasteiger partial charge on any atom is 0.416 e. The lowest BCUT2D eigenvalue weighted by Crippen LogP contribution is -2.48. The zero-order valence-corrected chi connectivity index (χ0v) is 25.9. The second-order valence-corrected chi connectivity index (χ2v) is 12.3. The molecule has 43 heavy (non-hydrogen) atoms. The van der Waals surface area contributed by atoms with E-state index in [-0.39, 0.29) is 6.61 Å². The minimum absolute atomic E-state index is 0.264. The second kappa shape index (κ2) is 14.0. The monoisotopic (exact) mass is 653 g/mol. The number of hydrogen-bond donors (Lipinski definition) is 0. The number of alkyl halides is 3. The molecule has 1 unspecified atom stereocenters. The average molecular weight is 655 g/mol. The normalized spacial score (nSPS) is 16.4. The van der Waals surface area contributed by atoms with Gasteiger partial charge in [0.25, 0.3) is 0 Å². The predicted octanol–water partition coefficient (Wildman–Crippen LogP) is 7.63. The van der Waals surface area contributed by atoms with Gasteiger partial charge in [0.15, 0.2) is 6.10 Å². The number of anilines is 2. The number of para-hydroxylation sites is 1. The number of halogens is 5. The molecule has 0 bridgehead atoms. The van der Waals surface area contributed by atoms with Crippen LogP contribution in [0, 0.1) is 0 Å². The Kier molecular flexibility index (Phi) is 10.3. The van der Waals surface area contributed by atoms with Crippen molar-refractivity contribution in [1.82, 2.24) is 9.80 Å². The summed E-state index contributed by atoms with van der Waals surface area (Å²) in [4.78, 5) is 20.9. The van der Waals surface area contributed by atoms with Crippen LogP contribution in [0.4, 0.5) is 24.5 Å². The molecular formula is C31H32Cl2F3N3O3S. The van der Waals surface area contributed by atoms with Crippen molar-refractivity contribution in [3.8, 4) is 5.75 Å². The minimum Gasteiger partial charge on any atom is -0.479 e. The number of nitrogens with zero attached hydrogens (tertiary/aromatic N) is 3. The van der Waals surface area contributed by atoms with Crippen molar-refractivity contribution in [1.29, 1.82) is 0 Å². The van der Waals surface area contributed by atoms with E-state index in [2.05, 4.69) is 9.80 Å². The summed E-state index contributed by atoms with van der Waals surface area (Å²) in [5, 5.41) is 0.754. The van der Waals surface area contributed by atoms with Crippen LogP contribution in [-0.4, -0.2) is 74.3 Å². The first-order valence-corrected chi connectivity index (χ1v) is 15.6. The number of esters is 1. The molecular weight excluding hydrogens is 622 g/mol. The summed E-state index contributed by atoms with van der Waals surface area (Å²) in [7, 11) is 0. The second-order valence-electron chi connectivity index (χ2n) is 10.4. The van der Waals surface area contributed by atoms with Gasteiger partial charge < -0.3 is 19.3 Å². The first-order valence-electron chi connectivity index (χ1n) is 14.1. The fraction of sp³-hybridized carbons (Fsp3) is 0.387. The summed E-state index contributed by atoms with van der Waals surface area (Å²) < 4.78 is 51.5. The molecule has 0 saturated carbocycles. The van der Waals surface area contributed by atoms with Gasteiger partial charge in [-0.3, -0.25) is 4.90 Å². The maximum atomic E-state index is 13.5. The summed E-state index contributed by atoms with van der Waals surface area (Å²) in [5.41, 5.74) is 0.913. The highest BCUT2D eigenvalue weighted by molar-refractivity contribution is 7.99. The van der Waals surface area contributed by atoms with Gasteiger partial charge in [0.2, 0.25) is 0 Å². The Morgan fingerprint density at radius 1 is 0.884 bits per heavy atom. The van der Waals surface area contributed by atoms with Gasteiger partial charge in [0.05, 0.1) is 27.0 Å². The van der Waals surface area contributed by atoms with E-state index < -0.39 is 23.8 Å². The first kappa shape index (κ1) is 31.8. The Balaban J connectivity index is 1.06. The quantitative estimate of drug-likeness (QED) is 0.208. The standard InChI is InChI=1S/C31H32Cl2F3N3O3S/c1-21(42-23-8-9-24(32)25(33)20-23)30(40)41-18-17-38-15-13-37(14-16-38)11-4-12-39-26-5-2-3-6-28(26)43-29-10-7-22(19-27(29)39)31(34,35)36/h2-3,5-10,19-21H,4,11-18H2,1H3. The van der Waals surface area contributed by atoms with E-state index in [0.717, 1.165) is 60.7 Å². The highest BCUT2D eigenvalue weighted by Gasteiger charge is 2.33. The highest BCUT2D eigenvalue weighted by Crippen LogP contribution is 2.49. The molecule has 2 heterocycles. The number of carbonyl (C=O) groups excluding carboxylic acids is 1. The molecule has 1 fully saturated rings. The summed E-state index contributed by atoms with van der Waals surface area (Å²) in [6.07, 6.45) is -4.37. The van der Waals surface area contributed by atoms with Crippen molar-refractivity contribution >= 4 is 52.3 Å². The SMILES string of the molecule is CC(Oc1ccc(Cl)c(Cl)c1)C(=O)OCCN1CCN(CCCN2c3ccccc3Sc3ccc(C(F)(F)F)cc32)CC1. The van der Waals surface area contributed by atoms with Crippen LogP contribution in [-0.2, 0) is 15.7 Å². The molecule has 0 N–H and O–H groups in total. The molecule has 12 heteroatoms. The summed E-state index contributed by atoms with van der Waals surface area (Å²) in [5.74, 6) is -0.0139. The van der Waals surface area contributed by atoms with E-state index in [1.54, 1.807) is 31.2 Å². The molecule has 0 spiro atoms. The number of rotatable bonds is 10. The minimum atomic E-state index is -4.39. The molecule has 0 amide bonds. The van der Waals surface area contributed by atoms with Gasteiger partial charge in [-0.15, -0.1) is 0 Å². The predicted molar refractivity (Wildman–Crippen MR) is 164 cm³/mol. The van der Waals surface area contributed by atoms with Gasteiger partial charge in [-0.05, 0) is 62.4 Å². The molecule has 0 aliphatic carbocycles. The average Bonchev–Trinajstić information content (AvgIpc) is 2.98. The van der Waals surface area contributed by atoms with Crippen LogP contribution in [0.1, 0.15) is 18.9 Å². The molecule has 3 aromatic carbocycles. The zero-order valence-electron chi connectivity index (χ0n) is 23.6. The lowest BCUT2D eigenvalue weighted by Gasteiger charge is -2.36. The molecule has 230 valence electrons. The molecule has 2 aliphatic rings. The molecule has 0 aromatic heterocycles. The lowest BCUT2D eigenvalue weighted by atomic mass is 10.1.